The van der Waals surface area contributed by atoms with Crippen molar-refractivity contribution >= 4 is 5.97 Å². The molecule has 1 saturated carbocycles. The molecule has 0 saturated heterocycles. The van der Waals surface area contributed by atoms with Crippen LogP contribution in [0, 0.1) is 25.6 Å². The van der Waals surface area contributed by atoms with E-state index in [1.807, 2.05) is 32.1 Å². The van der Waals surface area contributed by atoms with Crippen LogP contribution in [0.3, 0.4) is 0 Å². The fourth-order valence-corrected chi connectivity index (χ4v) is 7.52. The number of unbranched alkanes of at least 4 members (excludes halogenated alkanes) is 7. The number of carbonyl (C=O) groups excluding carboxylic acids is 1. The summed E-state index contributed by atoms with van der Waals surface area (Å²) in [6.45, 7) is 20.7. The monoisotopic (exact) mass is 881 g/mol. The van der Waals surface area contributed by atoms with Crippen molar-refractivity contribution < 1.29 is 37.6 Å². The van der Waals surface area contributed by atoms with E-state index >= 15 is 0 Å². The predicted octanol–water partition coefficient (Wildman–Crippen LogP) is 15.3. The predicted molar refractivity (Wildman–Crippen MR) is 259 cm³/mol. The Labute approximate surface area is 384 Å². The van der Waals surface area contributed by atoms with Gasteiger partial charge in [-0.1, -0.05) is 103 Å². The number of carbonyl (C=O) groups is 1. The third-order valence-corrected chi connectivity index (χ3v) is 11.5. The quantitative estimate of drug-likeness (QED) is 0.0591. The summed E-state index contributed by atoms with van der Waals surface area (Å²) in [5.41, 5.74) is 2.46. The maximum Gasteiger partial charge on any atom is 0.339 e. The van der Waals surface area contributed by atoms with Crippen LogP contribution in [0.4, 0.5) is 4.39 Å². The normalized spacial score (nSPS) is 19.4. The van der Waals surface area contributed by atoms with E-state index in [-0.39, 0.29) is 23.6 Å². The summed E-state index contributed by atoms with van der Waals surface area (Å²) >= 11 is 0. The van der Waals surface area contributed by atoms with Gasteiger partial charge in [-0.3, -0.25) is 0 Å². The van der Waals surface area contributed by atoms with Crippen LogP contribution in [0.5, 0.6) is 11.5 Å². The van der Waals surface area contributed by atoms with Crippen molar-refractivity contribution in [1.29, 1.82) is 0 Å². The van der Waals surface area contributed by atoms with Gasteiger partial charge >= 0.3 is 5.97 Å². The van der Waals surface area contributed by atoms with Gasteiger partial charge in [0.2, 0.25) is 0 Å². The van der Waals surface area contributed by atoms with Crippen molar-refractivity contribution in [2.75, 3.05) is 33.0 Å². The fourth-order valence-electron chi connectivity index (χ4n) is 7.52. The molecule has 2 aromatic rings. The topological polar surface area (TPSA) is 72.5 Å². The molecule has 0 aromatic heterocycles. The molecule has 3 aliphatic rings. The van der Waals surface area contributed by atoms with E-state index < -0.39 is 0 Å². The Morgan fingerprint density at radius 1 is 0.603 bits per heavy atom. The Kier molecular flexibility index (Phi) is 32.0. The molecular weight excluding hydrogens is 792 g/mol. The molecule has 63 heavy (non-hydrogen) atoms. The van der Waals surface area contributed by atoms with Crippen LogP contribution in [-0.4, -0.2) is 57.3 Å². The molecular formula is C55H89FO7. The molecule has 2 aromatic carbocycles. The number of benzene rings is 2. The lowest BCUT2D eigenvalue weighted by molar-refractivity contribution is -0.130. The second-order valence-corrected chi connectivity index (χ2v) is 17.4. The molecule has 5 rings (SSSR count). The van der Waals surface area contributed by atoms with Gasteiger partial charge in [0, 0.05) is 37.9 Å². The molecule has 0 spiro atoms. The molecule has 2 atom stereocenters. The first-order valence-electron chi connectivity index (χ1n) is 25.2. The van der Waals surface area contributed by atoms with E-state index in [1.54, 1.807) is 19.1 Å². The van der Waals surface area contributed by atoms with E-state index in [0.29, 0.717) is 29.8 Å². The van der Waals surface area contributed by atoms with Gasteiger partial charge in [-0.2, -0.15) is 0 Å². The van der Waals surface area contributed by atoms with Gasteiger partial charge in [0.25, 0.3) is 0 Å². The second-order valence-electron chi connectivity index (χ2n) is 17.4. The first-order chi connectivity index (χ1) is 30.7. The van der Waals surface area contributed by atoms with E-state index in [9.17, 15) is 9.18 Å². The van der Waals surface area contributed by atoms with Crippen LogP contribution in [0.15, 0.2) is 65.9 Å². The molecule has 3 aliphatic carbocycles. The van der Waals surface area contributed by atoms with Gasteiger partial charge in [-0.05, 0) is 146 Å². The fraction of sp³-hybridized carbons (Fsp3) is 0.691. The largest absolute Gasteiger partial charge is 0.498 e. The van der Waals surface area contributed by atoms with Crippen molar-refractivity contribution in [2.45, 2.75) is 209 Å². The summed E-state index contributed by atoms with van der Waals surface area (Å²) < 4.78 is 48.6. The molecule has 0 heterocycles. The summed E-state index contributed by atoms with van der Waals surface area (Å²) in [6, 6.07) is 12.8. The van der Waals surface area contributed by atoms with Crippen molar-refractivity contribution in [2.24, 2.45) is 5.92 Å². The number of aryl methyl sites for hydroxylation is 2. The second kappa shape index (κ2) is 36.1. The zero-order valence-corrected chi connectivity index (χ0v) is 41.1. The third kappa shape index (κ3) is 26.4. The zero-order valence-electron chi connectivity index (χ0n) is 41.1. The Balaban J connectivity index is 0.000000405. The van der Waals surface area contributed by atoms with E-state index in [4.69, 9.17) is 28.4 Å². The van der Waals surface area contributed by atoms with Gasteiger partial charge in [-0.25, -0.2) is 9.18 Å². The minimum absolute atomic E-state index is 0.194. The average Bonchev–Trinajstić information content (AvgIpc) is 3.30. The van der Waals surface area contributed by atoms with Gasteiger partial charge in [0.1, 0.15) is 17.3 Å². The summed E-state index contributed by atoms with van der Waals surface area (Å²) in [7, 11) is 0. The maximum absolute atomic E-state index is 13.5. The number of ether oxygens (including phenoxy) is 6. The SMILES string of the molecule is CC.CCC.CCCCCCCOC1CC=C(C(=O)Oc2ccc(C)c(F)c2)CC1.Cc1ccc(OCCCCCCOC2=CCC(OCCCOC3CCC(C)CC3)CC2)cc1. The van der Waals surface area contributed by atoms with E-state index in [0.717, 1.165) is 108 Å². The average molecular weight is 881 g/mol. The van der Waals surface area contributed by atoms with Gasteiger partial charge in [0.15, 0.2) is 0 Å². The molecule has 0 aliphatic heterocycles. The summed E-state index contributed by atoms with van der Waals surface area (Å²) in [4.78, 5) is 12.2. The minimum Gasteiger partial charge on any atom is -0.498 e. The van der Waals surface area contributed by atoms with Gasteiger partial charge in [-0.15, -0.1) is 0 Å². The van der Waals surface area contributed by atoms with Crippen LogP contribution < -0.4 is 9.47 Å². The summed E-state index contributed by atoms with van der Waals surface area (Å²) in [6.07, 6.45) is 28.6. The molecule has 0 N–H and O–H groups in total. The van der Waals surface area contributed by atoms with Gasteiger partial charge in [0.05, 0.1) is 37.3 Å². The maximum atomic E-state index is 13.5. The molecule has 0 amide bonds. The van der Waals surface area contributed by atoms with Gasteiger partial charge < -0.3 is 28.4 Å². The zero-order chi connectivity index (χ0) is 45.9. The smallest absolute Gasteiger partial charge is 0.339 e. The number of esters is 1. The Hall–Kier alpha value is -3.20. The van der Waals surface area contributed by atoms with Crippen molar-refractivity contribution in [1.82, 2.24) is 0 Å². The highest BCUT2D eigenvalue weighted by molar-refractivity contribution is 5.90. The van der Waals surface area contributed by atoms with Crippen molar-refractivity contribution in [3.63, 3.8) is 0 Å². The van der Waals surface area contributed by atoms with Crippen LogP contribution in [0.1, 0.15) is 188 Å². The third-order valence-electron chi connectivity index (χ3n) is 11.5. The Morgan fingerprint density at radius 2 is 1.14 bits per heavy atom. The first kappa shape index (κ1) is 55.9. The van der Waals surface area contributed by atoms with Crippen LogP contribution in [0.2, 0.25) is 0 Å². The lowest BCUT2D eigenvalue weighted by Gasteiger charge is -2.26. The molecule has 1 fully saturated rings. The molecule has 7 nitrogen and oxygen atoms in total. The highest BCUT2D eigenvalue weighted by Crippen LogP contribution is 2.27. The number of rotatable bonds is 24. The van der Waals surface area contributed by atoms with Crippen LogP contribution in [-0.2, 0) is 23.7 Å². The highest BCUT2D eigenvalue weighted by Gasteiger charge is 2.22. The lowest BCUT2D eigenvalue weighted by atomic mass is 9.89. The number of hydrogen-bond acceptors (Lipinski definition) is 7. The number of halogens is 1. The molecule has 0 radical (unpaired) electrons. The molecule has 0 bridgehead atoms. The van der Waals surface area contributed by atoms with Crippen molar-refractivity contribution in [3.05, 3.63) is 82.9 Å². The number of hydrogen-bond donors (Lipinski definition) is 0. The summed E-state index contributed by atoms with van der Waals surface area (Å²) in [5, 5.41) is 0. The molecule has 8 heteroatoms. The molecule has 358 valence electrons. The minimum atomic E-state index is -0.388. The molecule has 2 unspecified atom stereocenters. The van der Waals surface area contributed by atoms with Crippen LogP contribution >= 0.6 is 0 Å². The number of allylic oxidation sites excluding steroid dienone is 1. The Morgan fingerprint density at radius 3 is 1.71 bits per heavy atom. The van der Waals surface area contributed by atoms with Crippen molar-refractivity contribution in [3.8, 4) is 11.5 Å². The first-order valence-corrected chi connectivity index (χ1v) is 25.2. The lowest BCUT2D eigenvalue weighted by Crippen LogP contribution is -2.22. The standard InChI is InChI=1S/C29H46O4.C21H29FO3.C3H8.C2H6/c1-24-8-12-26(13-9-24)30-20-5-3-4-6-21-31-28-16-18-29(19-17-28)33-23-7-22-32-27-14-10-25(2)11-15-27;1-3-4-5-6-7-14-24-18-12-9-17(10-13-18)21(23)25-19-11-8-16(2)20(22)15-19;1-3-2;1-2/h8-9,12-13,16,25,27,29H,3-7,10-11,14-15,17-23H2,1-2H3;8-9,11,15,18H,3-7,10,12-14H2,1-2H3;3H2,1-2H3;1-2H3. The highest BCUT2D eigenvalue weighted by atomic mass is 19.1. The van der Waals surface area contributed by atoms with E-state index in [1.165, 1.54) is 82.3 Å². The Bertz CT molecular complexity index is 1500. The van der Waals surface area contributed by atoms with Crippen LogP contribution in [0.25, 0.3) is 0 Å². The van der Waals surface area contributed by atoms with E-state index in [2.05, 4.69) is 52.8 Å². The summed E-state index contributed by atoms with van der Waals surface area (Å²) in [5.74, 6) is 2.51.